The van der Waals surface area contributed by atoms with E-state index in [0.29, 0.717) is 12.9 Å². The minimum absolute atomic E-state index is 0.526. The molecule has 0 radical (unpaired) electrons. The third-order valence-electron chi connectivity index (χ3n) is 1.28. The van der Waals surface area contributed by atoms with Crippen LogP contribution in [0.25, 0.3) is 0 Å². The van der Waals surface area contributed by atoms with Crippen molar-refractivity contribution in [3.05, 3.63) is 0 Å². The van der Waals surface area contributed by atoms with E-state index < -0.39 is 8.03 Å². The fourth-order valence-corrected chi connectivity index (χ4v) is 1.51. The molecule has 0 aliphatic carbocycles. The summed E-state index contributed by atoms with van der Waals surface area (Å²) in [5.41, 5.74) is 0. The Morgan fingerprint density at radius 1 is 1.45 bits per heavy atom. The minimum Gasteiger partial charge on any atom is -0.330 e. The number of hydrogen-bond acceptors (Lipinski definition) is 3. The lowest BCUT2D eigenvalue weighted by Gasteiger charge is -2.02. The van der Waals surface area contributed by atoms with Crippen molar-refractivity contribution >= 4 is 8.03 Å². The first-order valence-corrected chi connectivity index (χ1v) is 5.70. The maximum atomic E-state index is 10.9. The van der Waals surface area contributed by atoms with E-state index in [1.807, 2.05) is 6.92 Å². The van der Waals surface area contributed by atoms with Crippen molar-refractivity contribution in [1.82, 2.24) is 5.32 Å². The molecule has 0 aromatic rings. The summed E-state index contributed by atoms with van der Waals surface area (Å²) >= 11 is 0. The molecule has 0 rings (SSSR count). The lowest BCUT2D eigenvalue weighted by molar-refractivity contribution is 0.348. The predicted octanol–water partition coefficient (Wildman–Crippen LogP) is 1.84. The number of hydrogen-bond donors (Lipinski definition) is 1. The Balaban J connectivity index is 3.04. The molecule has 0 aromatic carbocycles. The second kappa shape index (κ2) is 8.25. The minimum atomic E-state index is -1.78. The largest absolute Gasteiger partial charge is 0.330 e. The van der Waals surface area contributed by atoms with Crippen LogP contribution in [-0.2, 0) is 9.09 Å². The lowest BCUT2D eigenvalue weighted by atomic mass is 10.3. The smallest absolute Gasteiger partial charge is 0.204 e. The molecule has 0 heterocycles. The van der Waals surface area contributed by atoms with E-state index >= 15 is 0 Å². The van der Waals surface area contributed by atoms with E-state index in [-0.39, 0.29) is 0 Å². The van der Waals surface area contributed by atoms with Crippen molar-refractivity contribution in [3.8, 4) is 0 Å². The summed E-state index contributed by atoms with van der Waals surface area (Å²) in [7, 11) is -1.78. The van der Waals surface area contributed by atoms with Crippen LogP contribution < -0.4 is 5.32 Å². The van der Waals surface area contributed by atoms with Crippen molar-refractivity contribution in [2.75, 3.05) is 19.4 Å². The fourth-order valence-electron chi connectivity index (χ4n) is 0.704. The van der Waals surface area contributed by atoms with Gasteiger partial charge in [0.15, 0.2) is 0 Å². The van der Waals surface area contributed by atoms with Gasteiger partial charge >= 0.3 is 0 Å². The van der Waals surface area contributed by atoms with Gasteiger partial charge in [-0.25, -0.2) is 0 Å². The first kappa shape index (κ1) is 11.2. The Kier molecular flexibility index (Phi) is 8.36. The van der Waals surface area contributed by atoms with Crippen LogP contribution in [0.5, 0.6) is 0 Å². The molecule has 0 aliphatic rings. The van der Waals surface area contributed by atoms with Gasteiger partial charge in [0.1, 0.15) is 0 Å². The Labute approximate surface area is 69.4 Å². The van der Waals surface area contributed by atoms with Gasteiger partial charge in [-0.2, -0.15) is 0 Å². The molecule has 0 fully saturated rings. The SMILES string of the molecule is CCCCNC[PH](=O)OCC. The average Bonchev–Trinajstić information content (AvgIpc) is 1.99. The van der Waals surface area contributed by atoms with Crippen LogP contribution in [0.15, 0.2) is 0 Å². The summed E-state index contributed by atoms with van der Waals surface area (Å²) in [5, 5.41) is 3.08. The van der Waals surface area contributed by atoms with Crippen LogP contribution >= 0.6 is 8.03 Å². The van der Waals surface area contributed by atoms with Crippen LogP contribution in [0.4, 0.5) is 0 Å². The van der Waals surface area contributed by atoms with Gasteiger partial charge in [-0.1, -0.05) is 13.3 Å². The quantitative estimate of drug-likeness (QED) is 0.478. The molecule has 4 heteroatoms. The van der Waals surface area contributed by atoms with Gasteiger partial charge in [0.2, 0.25) is 8.03 Å². The summed E-state index contributed by atoms with van der Waals surface area (Å²) in [6.45, 7) is 5.48. The fraction of sp³-hybridized carbons (Fsp3) is 1.00. The first-order valence-electron chi connectivity index (χ1n) is 4.17. The van der Waals surface area contributed by atoms with Crippen molar-refractivity contribution in [1.29, 1.82) is 0 Å². The second-order valence-electron chi connectivity index (χ2n) is 2.34. The topological polar surface area (TPSA) is 38.3 Å². The van der Waals surface area contributed by atoms with E-state index in [1.54, 1.807) is 0 Å². The van der Waals surface area contributed by atoms with Crippen molar-refractivity contribution in [3.63, 3.8) is 0 Å². The molecule has 0 bridgehead atoms. The third-order valence-corrected chi connectivity index (χ3v) is 2.43. The molecule has 3 nitrogen and oxygen atoms in total. The summed E-state index contributed by atoms with van der Waals surface area (Å²) in [5.74, 6) is 0. The number of rotatable bonds is 7. The maximum Gasteiger partial charge on any atom is 0.204 e. The first-order chi connectivity index (χ1) is 5.31. The lowest BCUT2D eigenvalue weighted by Crippen LogP contribution is -2.14. The maximum absolute atomic E-state index is 10.9. The molecule has 0 aliphatic heterocycles. The van der Waals surface area contributed by atoms with Crippen LogP contribution in [0, 0.1) is 0 Å². The van der Waals surface area contributed by atoms with Gasteiger partial charge in [-0.05, 0) is 19.9 Å². The summed E-state index contributed by atoms with van der Waals surface area (Å²) in [6.07, 6.45) is 2.84. The van der Waals surface area contributed by atoms with Crippen molar-refractivity contribution in [2.24, 2.45) is 0 Å². The van der Waals surface area contributed by atoms with Gasteiger partial charge in [0, 0.05) is 0 Å². The normalized spacial score (nSPS) is 13.3. The van der Waals surface area contributed by atoms with E-state index in [0.717, 1.165) is 13.0 Å². The predicted molar refractivity (Wildman–Crippen MR) is 48.4 cm³/mol. The molecule has 1 N–H and O–H groups in total. The highest BCUT2D eigenvalue weighted by molar-refractivity contribution is 7.39. The van der Waals surface area contributed by atoms with Crippen LogP contribution in [0.3, 0.4) is 0 Å². The van der Waals surface area contributed by atoms with Gasteiger partial charge in [-0.15, -0.1) is 0 Å². The zero-order valence-corrected chi connectivity index (χ0v) is 8.35. The Morgan fingerprint density at radius 3 is 2.73 bits per heavy atom. The summed E-state index contributed by atoms with van der Waals surface area (Å²) in [6, 6.07) is 0. The molecule has 0 saturated carbocycles. The molecule has 1 atom stereocenters. The van der Waals surface area contributed by atoms with E-state index in [1.165, 1.54) is 6.42 Å². The molecular formula is C7H18NO2P. The summed E-state index contributed by atoms with van der Waals surface area (Å²) in [4.78, 5) is 0. The molecule has 68 valence electrons. The molecule has 0 amide bonds. The van der Waals surface area contributed by atoms with Gasteiger partial charge < -0.3 is 9.84 Å². The standard InChI is InChI=1S/C7H18NO2P/c1-3-5-6-8-7-11(9)10-4-2/h8,11H,3-7H2,1-2H3. The Bertz CT molecular complexity index is 109. The highest BCUT2D eigenvalue weighted by Crippen LogP contribution is 2.18. The van der Waals surface area contributed by atoms with Gasteiger partial charge in [0.05, 0.1) is 12.9 Å². The third kappa shape index (κ3) is 8.05. The molecule has 1 unspecified atom stereocenters. The molecule has 11 heavy (non-hydrogen) atoms. The molecular weight excluding hydrogens is 161 g/mol. The monoisotopic (exact) mass is 179 g/mol. The zero-order chi connectivity index (χ0) is 8.53. The van der Waals surface area contributed by atoms with Crippen LogP contribution in [0.1, 0.15) is 26.7 Å². The van der Waals surface area contributed by atoms with Gasteiger partial charge in [0.25, 0.3) is 0 Å². The molecule has 0 spiro atoms. The molecule has 0 saturated heterocycles. The van der Waals surface area contributed by atoms with Crippen LogP contribution in [0.2, 0.25) is 0 Å². The van der Waals surface area contributed by atoms with Crippen LogP contribution in [-0.4, -0.2) is 19.4 Å². The van der Waals surface area contributed by atoms with E-state index in [4.69, 9.17) is 4.52 Å². The Morgan fingerprint density at radius 2 is 2.18 bits per heavy atom. The highest BCUT2D eigenvalue weighted by atomic mass is 31.1. The Hall–Kier alpha value is 0.150. The van der Waals surface area contributed by atoms with E-state index in [9.17, 15) is 4.57 Å². The van der Waals surface area contributed by atoms with Gasteiger partial charge in [-0.3, -0.25) is 4.57 Å². The van der Waals surface area contributed by atoms with Crippen molar-refractivity contribution < 1.29 is 9.09 Å². The summed E-state index contributed by atoms with van der Waals surface area (Å²) < 4.78 is 15.8. The average molecular weight is 179 g/mol. The van der Waals surface area contributed by atoms with E-state index in [2.05, 4.69) is 12.2 Å². The number of nitrogens with one attached hydrogen (secondary N) is 1. The zero-order valence-electron chi connectivity index (χ0n) is 7.35. The highest BCUT2D eigenvalue weighted by Gasteiger charge is 1.95. The molecule has 0 aromatic heterocycles. The van der Waals surface area contributed by atoms with Crippen molar-refractivity contribution in [2.45, 2.75) is 26.7 Å². The second-order valence-corrected chi connectivity index (χ2v) is 3.72. The number of unbranched alkanes of at least 4 members (excludes halogenated alkanes) is 1.